The third-order valence-corrected chi connectivity index (χ3v) is 15.3. The van der Waals surface area contributed by atoms with E-state index in [2.05, 4.69) is 59.7 Å². The molecular formula is C46H74N2O10S. The average molecular weight is 847 g/mol. The summed E-state index contributed by atoms with van der Waals surface area (Å²) in [4.78, 5) is 37.6. The Morgan fingerprint density at radius 2 is 1.69 bits per heavy atom. The van der Waals surface area contributed by atoms with E-state index < -0.39 is 24.4 Å². The molecule has 1 aromatic rings. The molecule has 0 spiro atoms. The summed E-state index contributed by atoms with van der Waals surface area (Å²) in [6, 6.07) is 0.322. The lowest BCUT2D eigenvalue weighted by atomic mass is 9.67. The number of hydrogen-bond donors (Lipinski definition) is 0. The minimum Gasteiger partial charge on any atom is -0.462 e. The van der Waals surface area contributed by atoms with Gasteiger partial charge in [-0.1, -0.05) is 33.8 Å². The number of likely N-dealkylation sites (N-methyl/N-ethyl adjacent to an activating group) is 1. The molecule has 5 aliphatic rings. The van der Waals surface area contributed by atoms with Crippen LogP contribution in [0.4, 0.5) is 0 Å². The second-order valence-electron chi connectivity index (χ2n) is 18.3. The number of carbonyl (C=O) groups excluding carboxylic acids is 2. The second-order valence-corrected chi connectivity index (χ2v) is 19.6. The summed E-state index contributed by atoms with van der Waals surface area (Å²) in [6.45, 7) is 14.9. The topological polar surface area (TPSA) is 124 Å². The number of allylic oxidation sites excluding steroid dienone is 2. The summed E-state index contributed by atoms with van der Waals surface area (Å²) in [5, 5.41) is 0.994. The summed E-state index contributed by atoms with van der Waals surface area (Å²) in [7, 11) is 9.21. The molecular weight excluding hydrogens is 773 g/mol. The number of ketones is 1. The highest BCUT2D eigenvalue weighted by Gasteiger charge is 2.56. The molecule has 0 amide bonds. The molecule has 1 aromatic heterocycles. The van der Waals surface area contributed by atoms with Crippen LogP contribution in [0.1, 0.15) is 127 Å². The summed E-state index contributed by atoms with van der Waals surface area (Å²) < 4.78 is 50.6. The number of hydrogen-bond acceptors (Lipinski definition) is 13. The lowest BCUT2D eigenvalue weighted by molar-refractivity contribution is -0.250. The molecule has 2 aliphatic heterocycles. The van der Waals surface area contributed by atoms with Gasteiger partial charge in [0.15, 0.2) is 18.4 Å². The molecule has 59 heavy (non-hydrogen) atoms. The maximum atomic E-state index is 15.0. The van der Waals surface area contributed by atoms with E-state index in [-0.39, 0.29) is 90.5 Å². The van der Waals surface area contributed by atoms with Crippen LogP contribution < -0.4 is 0 Å². The van der Waals surface area contributed by atoms with Crippen LogP contribution in [0.25, 0.3) is 0 Å². The number of Topliss-reactive ketones (excluding diaryl/α,β-unsaturated/α-hetero) is 1. The Balaban J connectivity index is 1.30. The van der Waals surface area contributed by atoms with E-state index >= 15 is 4.79 Å². The fourth-order valence-electron chi connectivity index (χ4n) is 11.3. The molecule has 12 nitrogen and oxygen atoms in total. The molecule has 3 fully saturated rings. The van der Waals surface area contributed by atoms with E-state index in [0.717, 1.165) is 61.2 Å². The van der Waals surface area contributed by atoms with Crippen LogP contribution in [0, 0.1) is 36.5 Å². The highest BCUT2D eigenvalue weighted by Crippen LogP contribution is 2.62. The molecule has 1 saturated carbocycles. The lowest BCUT2D eigenvalue weighted by Gasteiger charge is -2.40. The third-order valence-electron chi connectivity index (χ3n) is 14.2. The zero-order chi connectivity index (χ0) is 42.7. The zero-order valence-electron chi connectivity index (χ0n) is 37.8. The van der Waals surface area contributed by atoms with Gasteiger partial charge in [0.2, 0.25) is 0 Å². The summed E-state index contributed by atoms with van der Waals surface area (Å²) in [5.41, 5.74) is 1.76. The van der Waals surface area contributed by atoms with Crippen LogP contribution in [-0.4, -0.2) is 125 Å². The Bertz CT molecular complexity index is 1580. The molecule has 5 unspecified atom stereocenters. The van der Waals surface area contributed by atoms with E-state index in [1.54, 1.807) is 32.7 Å². The maximum absolute atomic E-state index is 15.0. The lowest BCUT2D eigenvalue weighted by Crippen LogP contribution is -2.51. The van der Waals surface area contributed by atoms with Gasteiger partial charge >= 0.3 is 5.97 Å². The standard InChI is InChI=1S/C46H74N2O10S/c1-13-28-16-15-17-36(58-38-19-18-35(48(8)9)26(6)55-38)25(5)41(50)33-22-31-30-20-29(57-46(53-12)44(52-11)43(54-14-2)42(51-10)24(3)4)21-34(30)45-40(47-27(7)59-45)39(31)32(33)23-37(49)56-28/h22,24-26,28-32,34-36,38-39,42-44,46H,13-21,23H2,1-12H3/t25-,26?,28+,29+,30+,31+,32-,34-,35+,36+,38+,39-,42?,43?,44?,46?/m1/s1. The van der Waals surface area contributed by atoms with E-state index in [0.29, 0.717) is 19.1 Å². The van der Waals surface area contributed by atoms with E-state index in [1.165, 1.54) is 4.88 Å². The highest BCUT2D eigenvalue weighted by atomic mass is 32.1. The van der Waals surface area contributed by atoms with Gasteiger partial charge in [-0.3, -0.25) is 9.59 Å². The average Bonchev–Trinajstić information content (AvgIpc) is 3.90. The predicted octanol–water partition coefficient (Wildman–Crippen LogP) is 7.60. The van der Waals surface area contributed by atoms with Gasteiger partial charge in [-0.2, -0.15) is 0 Å². The van der Waals surface area contributed by atoms with E-state index in [9.17, 15) is 4.79 Å². The van der Waals surface area contributed by atoms with Crippen LogP contribution in [0.3, 0.4) is 0 Å². The minimum atomic E-state index is -0.695. The number of ether oxygens (including phenoxy) is 8. The maximum Gasteiger partial charge on any atom is 0.306 e. The largest absolute Gasteiger partial charge is 0.462 e. The molecule has 6 rings (SSSR count). The van der Waals surface area contributed by atoms with Crippen molar-refractivity contribution in [2.24, 2.45) is 29.6 Å². The normalized spacial score (nSPS) is 36.1. The Morgan fingerprint density at radius 1 is 0.949 bits per heavy atom. The number of rotatable bonds is 15. The summed E-state index contributed by atoms with van der Waals surface area (Å²) >= 11 is 1.74. The van der Waals surface area contributed by atoms with Crippen molar-refractivity contribution in [3.8, 4) is 0 Å². The number of cyclic esters (lactones) is 1. The smallest absolute Gasteiger partial charge is 0.306 e. The number of fused-ring (bicyclic) bond motifs is 8. The number of aryl methyl sites for hydroxylation is 1. The molecule has 2 saturated heterocycles. The minimum absolute atomic E-state index is 0.0118. The first kappa shape index (κ1) is 46.7. The number of methoxy groups -OCH3 is 3. The van der Waals surface area contributed by atoms with Crippen LogP contribution in [-0.2, 0) is 47.5 Å². The number of nitrogens with zero attached hydrogens (tertiary/aromatic N) is 2. The van der Waals surface area contributed by atoms with Crippen LogP contribution >= 0.6 is 11.3 Å². The van der Waals surface area contributed by atoms with Gasteiger partial charge in [-0.25, -0.2) is 4.98 Å². The van der Waals surface area contributed by atoms with Crippen molar-refractivity contribution < 1.29 is 47.5 Å². The Morgan fingerprint density at radius 3 is 2.32 bits per heavy atom. The Kier molecular flexibility index (Phi) is 16.3. The third kappa shape index (κ3) is 10.0. The predicted molar refractivity (Wildman–Crippen MR) is 226 cm³/mol. The monoisotopic (exact) mass is 847 g/mol. The van der Waals surface area contributed by atoms with Gasteiger partial charge in [-0.15, -0.1) is 11.3 Å². The van der Waals surface area contributed by atoms with Crippen LogP contribution in [0.5, 0.6) is 0 Å². The number of esters is 1. The van der Waals surface area contributed by atoms with Gasteiger partial charge < -0.3 is 42.8 Å². The fourth-order valence-corrected chi connectivity index (χ4v) is 12.5. The Labute approximate surface area is 357 Å². The number of thiazole rings is 1. The molecule has 334 valence electrons. The second kappa shape index (κ2) is 20.6. The fraction of sp³-hybridized carbons (Fsp3) is 0.848. The summed E-state index contributed by atoms with van der Waals surface area (Å²) in [5.74, 6) is -0.467. The number of carbonyl (C=O) groups is 2. The quantitative estimate of drug-likeness (QED) is 0.128. The van der Waals surface area contributed by atoms with Crippen molar-refractivity contribution in [2.75, 3.05) is 42.0 Å². The summed E-state index contributed by atoms with van der Waals surface area (Å²) in [6.07, 6.45) is 5.78. The van der Waals surface area contributed by atoms with Crippen molar-refractivity contribution in [2.45, 2.75) is 179 Å². The Hall–Kier alpha value is -1.81. The van der Waals surface area contributed by atoms with Crippen molar-refractivity contribution in [1.82, 2.24) is 9.88 Å². The van der Waals surface area contributed by atoms with Crippen LogP contribution in [0.2, 0.25) is 0 Å². The van der Waals surface area contributed by atoms with E-state index in [1.807, 2.05) is 13.8 Å². The zero-order valence-corrected chi connectivity index (χ0v) is 38.7. The van der Waals surface area contributed by atoms with Crippen molar-refractivity contribution in [3.05, 3.63) is 27.2 Å². The molecule has 0 N–H and O–H groups in total. The molecule has 0 radical (unpaired) electrons. The van der Waals surface area contributed by atoms with Gasteiger partial charge in [0.25, 0.3) is 0 Å². The molecule has 0 bridgehead atoms. The van der Waals surface area contributed by atoms with Gasteiger partial charge in [-0.05, 0) is 110 Å². The van der Waals surface area contributed by atoms with Crippen molar-refractivity contribution in [1.29, 1.82) is 0 Å². The van der Waals surface area contributed by atoms with Gasteiger partial charge in [0, 0.05) is 62.5 Å². The molecule has 16 atom stereocenters. The van der Waals surface area contributed by atoms with Crippen molar-refractivity contribution in [3.63, 3.8) is 0 Å². The van der Waals surface area contributed by atoms with Crippen LogP contribution in [0.15, 0.2) is 11.6 Å². The molecule has 3 heterocycles. The molecule has 0 aromatic carbocycles. The van der Waals surface area contributed by atoms with Gasteiger partial charge in [0.05, 0.1) is 41.5 Å². The first-order valence-electron chi connectivity index (χ1n) is 22.5. The SMILES string of the molecule is CCOC(C(OC)C(C)C)C(OC)C(OC)O[C@H]1C[C@H]2[C@@H]3C=C4C(=O)[C@H](C)[C@@H](O[C@H]5CC[C@H](N(C)C)C(C)O5)CCC[C@H](CC)OC(=O)C[C@H]4[C@@H]3c3nc(C)sc3[C@@H]2C1. The van der Waals surface area contributed by atoms with E-state index in [4.69, 9.17) is 42.9 Å². The van der Waals surface area contributed by atoms with Crippen molar-refractivity contribution >= 4 is 23.1 Å². The molecule has 13 heteroatoms. The number of aromatic nitrogens is 1. The molecule has 3 aliphatic carbocycles. The highest BCUT2D eigenvalue weighted by molar-refractivity contribution is 7.11. The van der Waals surface area contributed by atoms with Gasteiger partial charge in [0.1, 0.15) is 18.3 Å². The first-order chi connectivity index (χ1) is 28.2. The first-order valence-corrected chi connectivity index (χ1v) is 23.3.